The molecule has 190 valence electrons. The fourth-order valence-corrected chi connectivity index (χ4v) is 4.97. The maximum Gasteiger partial charge on any atom is 0.244 e. The van der Waals surface area contributed by atoms with Crippen molar-refractivity contribution in [3.05, 3.63) is 35.7 Å². The van der Waals surface area contributed by atoms with Crippen molar-refractivity contribution >= 4 is 29.7 Å². The zero-order chi connectivity index (χ0) is 25.2. The highest BCUT2D eigenvalue weighted by molar-refractivity contribution is 7.99. The van der Waals surface area contributed by atoms with Crippen LogP contribution in [0.2, 0.25) is 0 Å². The van der Waals surface area contributed by atoms with Gasteiger partial charge in [0.1, 0.15) is 0 Å². The first-order chi connectivity index (χ1) is 16.9. The van der Waals surface area contributed by atoms with Crippen LogP contribution in [0.3, 0.4) is 0 Å². The predicted molar refractivity (Wildman–Crippen MR) is 136 cm³/mol. The van der Waals surface area contributed by atoms with Crippen LogP contribution in [0.15, 0.2) is 29.4 Å². The average molecular weight is 502 g/mol. The molecule has 2 amide bonds. The summed E-state index contributed by atoms with van der Waals surface area (Å²) in [4.78, 5) is 24.8. The van der Waals surface area contributed by atoms with E-state index in [4.69, 9.17) is 9.47 Å². The largest absolute Gasteiger partial charge is 0.493 e. The van der Waals surface area contributed by atoms with Gasteiger partial charge in [0.2, 0.25) is 11.8 Å². The van der Waals surface area contributed by atoms with Gasteiger partial charge in [0, 0.05) is 18.7 Å². The molecule has 10 heteroatoms. The van der Waals surface area contributed by atoms with Crippen LogP contribution in [0.4, 0.5) is 0 Å². The molecular formula is C25H35N5O4S. The Morgan fingerprint density at radius 1 is 1.17 bits per heavy atom. The number of thioether (sulfide) groups is 1. The number of rotatable bonds is 11. The normalized spacial score (nSPS) is 17.8. The monoisotopic (exact) mass is 501 g/mol. The van der Waals surface area contributed by atoms with Crippen molar-refractivity contribution in [3.8, 4) is 11.5 Å². The molecule has 0 bridgehead atoms. The number of carbonyl (C=O) groups excluding carboxylic acids is 2. The van der Waals surface area contributed by atoms with Crippen molar-refractivity contribution < 1.29 is 19.1 Å². The van der Waals surface area contributed by atoms with Crippen molar-refractivity contribution in [1.29, 1.82) is 0 Å². The molecule has 2 N–H and O–H groups in total. The van der Waals surface area contributed by atoms with Crippen LogP contribution in [0, 0.1) is 5.92 Å². The third kappa shape index (κ3) is 7.48. The Labute approximate surface area is 211 Å². The van der Waals surface area contributed by atoms with Gasteiger partial charge >= 0.3 is 0 Å². The minimum absolute atomic E-state index is 0.0227. The quantitative estimate of drug-likeness (QED) is 0.359. The minimum atomic E-state index is -0.249. The molecule has 9 nitrogen and oxygen atoms in total. The minimum Gasteiger partial charge on any atom is -0.493 e. The van der Waals surface area contributed by atoms with E-state index >= 15 is 0 Å². The number of nitrogens with zero attached hydrogens (tertiary/aromatic N) is 3. The highest BCUT2D eigenvalue weighted by Crippen LogP contribution is 2.28. The van der Waals surface area contributed by atoms with Crippen molar-refractivity contribution in [2.75, 3.05) is 20.0 Å². The zero-order valence-electron chi connectivity index (χ0n) is 20.9. The van der Waals surface area contributed by atoms with Gasteiger partial charge in [-0.05, 0) is 49.5 Å². The van der Waals surface area contributed by atoms with Gasteiger partial charge in [-0.2, -0.15) is 0 Å². The van der Waals surface area contributed by atoms with Crippen LogP contribution in [-0.4, -0.2) is 52.6 Å². The third-order valence-corrected chi connectivity index (χ3v) is 7.12. The maximum atomic E-state index is 12.4. The Morgan fingerprint density at radius 2 is 1.94 bits per heavy atom. The van der Waals surface area contributed by atoms with Crippen molar-refractivity contribution in [2.45, 2.75) is 63.8 Å². The summed E-state index contributed by atoms with van der Waals surface area (Å²) in [6.07, 6.45) is 7.79. The molecule has 2 aromatic rings. The second-order valence-electron chi connectivity index (χ2n) is 8.53. The van der Waals surface area contributed by atoms with Gasteiger partial charge in [-0.1, -0.05) is 37.6 Å². The summed E-state index contributed by atoms with van der Waals surface area (Å²) in [5.41, 5.74) is 0.814. The lowest BCUT2D eigenvalue weighted by Gasteiger charge is -2.29. The Balaban J connectivity index is 1.51. The summed E-state index contributed by atoms with van der Waals surface area (Å²) in [5, 5.41) is 15.1. The molecule has 0 aliphatic heterocycles. The fraction of sp³-hybridized carbons (Fsp3) is 0.520. The molecule has 1 aromatic carbocycles. The number of hydrogen-bond donors (Lipinski definition) is 2. The van der Waals surface area contributed by atoms with Gasteiger partial charge in [0.15, 0.2) is 22.5 Å². The molecule has 1 aromatic heterocycles. The second kappa shape index (κ2) is 13.2. The summed E-state index contributed by atoms with van der Waals surface area (Å²) >= 11 is 1.37. The topological polar surface area (TPSA) is 107 Å². The van der Waals surface area contributed by atoms with Gasteiger partial charge in [0.25, 0.3) is 0 Å². The number of aromatic nitrogens is 3. The lowest BCUT2D eigenvalue weighted by atomic mass is 9.86. The third-order valence-electron chi connectivity index (χ3n) is 6.16. The van der Waals surface area contributed by atoms with Crippen LogP contribution in [-0.2, 0) is 22.7 Å². The first kappa shape index (κ1) is 26.6. The van der Waals surface area contributed by atoms with E-state index in [0.717, 1.165) is 12.0 Å². The zero-order valence-corrected chi connectivity index (χ0v) is 21.7. The van der Waals surface area contributed by atoms with Crippen LogP contribution in [0.5, 0.6) is 11.5 Å². The lowest BCUT2D eigenvalue weighted by molar-refractivity contribution is -0.120. The fourth-order valence-electron chi connectivity index (χ4n) is 4.14. The molecule has 0 unspecified atom stereocenters. The SMILES string of the molecule is CCn1c(CNC(=O)/C=C/c2ccc(OC)c(OC)c2)nnc1SCC(=O)N[C@H]1CCCC[C@@H]1C. The summed E-state index contributed by atoms with van der Waals surface area (Å²) in [5.74, 6) is 2.45. The van der Waals surface area contributed by atoms with Crippen LogP contribution >= 0.6 is 11.8 Å². The number of methoxy groups -OCH3 is 2. The van der Waals surface area contributed by atoms with E-state index in [1.54, 1.807) is 32.4 Å². The van der Waals surface area contributed by atoms with Gasteiger partial charge in [-0.25, -0.2) is 0 Å². The maximum absolute atomic E-state index is 12.4. The first-order valence-corrected chi connectivity index (χ1v) is 13.0. The van der Waals surface area contributed by atoms with Crippen LogP contribution < -0.4 is 20.1 Å². The summed E-state index contributed by atoms with van der Waals surface area (Å²) in [6.45, 7) is 5.07. The van der Waals surface area contributed by atoms with Crippen molar-refractivity contribution in [2.24, 2.45) is 5.92 Å². The second-order valence-corrected chi connectivity index (χ2v) is 9.48. The molecule has 1 aliphatic rings. The first-order valence-electron chi connectivity index (χ1n) is 12.0. The molecule has 1 saturated carbocycles. The van der Waals surface area contributed by atoms with E-state index in [0.29, 0.717) is 40.7 Å². The Hall–Kier alpha value is -3.01. The van der Waals surface area contributed by atoms with Crippen molar-refractivity contribution in [1.82, 2.24) is 25.4 Å². The Kier molecular flexibility index (Phi) is 10.0. The van der Waals surface area contributed by atoms with Gasteiger partial charge in [-0.3, -0.25) is 9.59 Å². The standard InChI is InChI=1S/C25H35N5O4S/c1-5-30-22(15-26-23(31)13-11-18-10-12-20(33-3)21(14-18)34-4)28-29-25(30)35-16-24(32)27-19-9-7-6-8-17(19)2/h10-14,17,19H,5-9,15-16H2,1-4H3,(H,26,31)(H,27,32)/b13-11+/t17-,19-/m0/s1. The van der Waals surface area contributed by atoms with E-state index < -0.39 is 0 Å². The molecule has 2 atom stereocenters. The molecule has 1 aliphatic carbocycles. The van der Waals surface area contributed by atoms with E-state index in [-0.39, 0.29) is 24.4 Å². The number of ether oxygens (including phenoxy) is 2. The highest BCUT2D eigenvalue weighted by atomic mass is 32.2. The van der Waals surface area contributed by atoms with E-state index in [2.05, 4.69) is 27.8 Å². The summed E-state index contributed by atoms with van der Waals surface area (Å²) in [6, 6.07) is 5.69. The molecule has 35 heavy (non-hydrogen) atoms. The van der Waals surface area contributed by atoms with Crippen molar-refractivity contribution in [3.63, 3.8) is 0 Å². The molecule has 1 fully saturated rings. The van der Waals surface area contributed by atoms with E-state index in [9.17, 15) is 9.59 Å². The predicted octanol–water partition coefficient (Wildman–Crippen LogP) is 3.43. The smallest absolute Gasteiger partial charge is 0.244 e. The molecule has 0 spiro atoms. The molecule has 1 heterocycles. The highest BCUT2D eigenvalue weighted by Gasteiger charge is 2.23. The van der Waals surface area contributed by atoms with Gasteiger partial charge < -0.3 is 24.7 Å². The van der Waals surface area contributed by atoms with E-state index in [1.807, 2.05) is 17.6 Å². The van der Waals surface area contributed by atoms with Gasteiger partial charge in [-0.15, -0.1) is 10.2 Å². The number of benzene rings is 1. The molecule has 3 rings (SSSR count). The lowest BCUT2D eigenvalue weighted by Crippen LogP contribution is -2.41. The number of amides is 2. The summed E-state index contributed by atoms with van der Waals surface area (Å²) < 4.78 is 12.4. The number of carbonyl (C=O) groups is 2. The average Bonchev–Trinajstić information content (AvgIpc) is 3.27. The number of nitrogens with one attached hydrogen (secondary N) is 2. The van der Waals surface area contributed by atoms with E-state index in [1.165, 1.54) is 37.1 Å². The van der Waals surface area contributed by atoms with Gasteiger partial charge in [0.05, 0.1) is 26.5 Å². The molecule has 0 radical (unpaired) electrons. The van der Waals surface area contributed by atoms with Crippen LogP contribution in [0.25, 0.3) is 6.08 Å². The molecule has 0 saturated heterocycles. The van der Waals surface area contributed by atoms with Crippen LogP contribution in [0.1, 0.15) is 50.9 Å². The Bertz CT molecular complexity index is 1040. The molecular weight excluding hydrogens is 466 g/mol. The Morgan fingerprint density at radius 3 is 2.66 bits per heavy atom. The number of hydrogen-bond acceptors (Lipinski definition) is 7. The summed E-state index contributed by atoms with van der Waals surface area (Å²) in [7, 11) is 3.14.